The number of halogens is 4. The number of nitrogens with zero attached hydrogens (tertiary/aromatic N) is 6. The summed E-state index contributed by atoms with van der Waals surface area (Å²) in [6, 6.07) is 30.5. The van der Waals surface area contributed by atoms with E-state index in [0.717, 1.165) is 64.9 Å². The van der Waals surface area contributed by atoms with Crippen molar-refractivity contribution in [1.82, 2.24) is 19.9 Å². The fourth-order valence-electron chi connectivity index (χ4n) is 6.26. The van der Waals surface area contributed by atoms with Crippen LogP contribution < -0.4 is 10.6 Å². The molecule has 2 aliphatic heterocycles. The lowest BCUT2D eigenvalue weighted by atomic mass is 10.1. The molecule has 0 radical (unpaired) electrons. The third-order valence-electron chi connectivity index (χ3n) is 9.24. The molecule has 0 fully saturated rings. The predicted octanol–water partition coefficient (Wildman–Crippen LogP) is 15.0. The fraction of sp³-hybridized carbons (Fsp3) is 0.125. The molecule has 0 atom stereocenters. The SMILES string of the molecule is C.C.C.CC(=O)c1cc2ccc(Br)cc2s1.Clc1nc(Nc2ccc3c(c2)C=NC3)c2occc2n1.Clc1nccc(Nc2ccc3c(c2)C=NC3)n1.O=C(O)c1cc2ccc(Br)cc2o1. The number of aromatic carboxylic acids is 1. The first-order valence-electron chi connectivity index (χ1n) is 18.8. The lowest BCUT2D eigenvalue weighted by molar-refractivity contribution is 0.0664. The number of nitrogens with one attached hydrogen (secondary N) is 2. The standard InChI is InChI=1S/C14H9ClN4O.C12H9ClN4.C10H7BrOS.C9H5BrO3.3CH4/c15-14-18-11-3-4-20-12(11)13(19-14)17-10-2-1-8-6-16-7-9(8)5-10;13-12-15-4-3-11(17-12)16-10-2-1-8-6-14-7-9(8)5-10;1-6(12)9-4-7-2-3-8(11)5-10(7)13-9;10-6-2-1-5-3-8(9(11)12)13-7(5)4-6;;;/h1-5,7H,6H2,(H,17,18,19);1-5,7H,6H2,(H,15,16,17);2-5H,1H3;1-4H,(H,11,12);3*1H4. The van der Waals surface area contributed by atoms with Gasteiger partial charge in [0.1, 0.15) is 16.9 Å². The lowest BCUT2D eigenvalue weighted by Crippen LogP contribution is -1.97. The number of carbonyl (C=O) groups is 2. The van der Waals surface area contributed by atoms with Crippen LogP contribution in [0.25, 0.3) is 32.2 Å². The molecule has 13 nitrogen and oxygen atoms in total. The zero-order valence-corrected chi connectivity index (χ0v) is 38.1. The highest BCUT2D eigenvalue weighted by molar-refractivity contribution is 9.10. The number of hydrogen-bond acceptors (Lipinski definition) is 13. The van der Waals surface area contributed by atoms with Gasteiger partial charge in [-0.2, -0.15) is 4.98 Å². The average Bonchev–Trinajstić information content (AvgIpc) is 4.11. The lowest BCUT2D eigenvalue weighted by Gasteiger charge is -2.07. The van der Waals surface area contributed by atoms with Crippen molar-refractivity contribution in [1.29, 1.82) is 0 Å². The van der Waals surface area contributed by atoms with Crippen LogP contribution in [0.1, 0.15) is 71.7 Å². The summed E-state index contributed by atoms with van der Waals surface area (Å²) >= 11 is 19.8. The number of carboxylic acids is 1. The summed E-state index contributed by atoms with van der Waals surface area (Å²) in [7, 11) is 0. The van der Waals surface area contributed by atoms with E-state index < -0.39 is 5.97 Å². The van der Waals surface area contributed by atoms with Gasteiger partial charge in [-0.05, 0) is 131 Å². The van der Waals surface area contributed by atoms with Crippen molar-refractivity contribution < 1.29 is 23.5 Å². The zero-order chi connectivity index (χ0) is 44.0. The van der Waals surface area contributed by atoms with Crippen molar-refractivity contribution in [2.75, 3.05) is 10.6 Å². The van der Waals surface area contributed by atoms with E-state index in [1.807, 2.05) is 73.1 Å². The van der Waals surface area contributed by atoms with E-state index in [1.165, 1.54) is 28.5 Å². The second kappa shape index (κ2) is 22.7. The van der Waals surface area contributed by atoms with Gasteiger partial charge in [-0.15, -0.1) is 11.3 Å². The molecule has 0 unspecified atom stereocenters. The Bertz CT molecular complexity index is 3150. The van der Waals surface area contributed by atoms with Crippen LogP contribution in [0.15, 0.2) is 137 Å². The van der Waals surface area contributed by atoms with Crippen LogP contribution >= 0.6 is 66.4 Å². The van der Waals surface area contributed by atoms with E-state index in [-0.39, 0.29) is 44.4 Å². The topological polar surface area (TPSA) is 181 Å². The summed E-state index contributed by atoms with van der Waals surface area (Å²) in [5.41, 5.74) is 8.44. The van der Waals surface area contributed by atoms with Gasteiger partial charge in [-0.1, -0.05) is 72.3 Å². The second-order valence-corrected chi connectivity index (χ2v) is 17.2. The summed E-state index contributed by atoms with van der Waals surface area (Å²) < 4.78 is 13.5. The molecule has 0 saturated heterocycles. The molecule has 7 heterocycles. The monoisotopic (exact) mass is 1070 g/mol. The van der Waals surface area contributed by atoms with Gasteiger partial charge < -0.3 is 24.6 Å². The third kappa shape index (κ3) is 12.5. The first-order chi connectivity index (χ1) is 30.4. The highest BCUT2D eigenvalue weighted by atomic mass is 79.9. The summed E-state index contributed by atoms with van der Waals surface area (Å²) in [6.45, 7) is 3.12. The molecular weight excluding hydrogens is 1030 g/mol. The molecule has 4 aromatic carbocycles. The molecule has 11 rings (SSSR count). The van der Waals surface area contributed by atoms with Gasteiger partial charge in [0.15, 0.2) is 17.2 Å². The highest BCUT2D eigenvalue weighted by Gasteiger charge is 2.13. The van der Waals surface area contributed by atoms with Crippen molar-refractivity contribution in [3.05, 3.63) is 162 Å². The highest BCUT2D eigenvalue weighted by Crippen LogP contribution is 2.30. The molecule has 18 heteroatoms. The van der Waals surface area contributed by atoms with Gasteiger partial charge in [-0.25, -0.2) is 19.7 Å². The van der Waals surface area contributed by atoms with E-state index >= 15 is 0 Å². The first-order valence-corrected chi connectivity index (χ1v) is 21.9. The van der Waals surface area contributed by atoms with Crippen LogP contribution in [0.2, 0.25) is 10.6 Å². The minimum absolute atomic E-state index is 0. The molecule has 3 N–H and O–H groups in total. The number of furan rings is 2. The van der Waals surface area contributed by atoms with E-state index in [9.17, 15) is 9.59 Å². The number of fused-ring (bicyclic) bond motifs is 5. The molecule has 0 spiro atoms. The largest absolute Gasteiger partial charge is 0.475 e. The van der Waals surface area contributed by atoms with Gasteiger partial charge in [0.2, 0.25) is 16.3 Å². The molecule has 66 heavy (non-hydrogen) atoms. The van der Waals surface area contributed by atoms with Crippen LogP contribution in [0.4, 0.5) is 23.0 Å². The summed E-state index contributed by atoms with van der Waals surface area (Å²) in [5, 5.41) is 17.4. The third-order valence-corrected chi connectivity index (χ3v) is 11.8. The van der Waals surface area contributed by atoms with Gasteiger partial charge in [-0.3, -0.25) is 14.8 Å². The molecule has 0 aliphatic carbocycles. The molecule has 0 amide bonds. The molecule has 2 aliphatic rings. The van der Waals surface area contributed by atoms with Crippen LogP contribution in [0.5, 0.6) is 0 Å². The number of aliphatic imine (C=N–C) groups is 2. The Balaban J connectivity index is 0.000000165. The molecule has 5 aromatic heterocycles. The Morgan fingerprint density at radius 1 is 0.727 bits per heavy atom. The number of benzene rings is 4. The number of ketones is 1. The van der Waals surface area contributed by atoms with E-state index in [1.54, 1.807) is 43.6 Å². The number of aromatic nitrogens is 4. The first kappa shape index (κ1) is 50.7. The zero-order valence-electron chi connectivity index (χ0n) is 32.6. The number of carboxylic acid groups (broad SMARTS) is 1. The van der Waals surface area contributed by atoms with Crippen LogP contribution in [0.3, 0.4) is 0 Å². The summed E-state index contributed by atoms with van der Waals surface area (Å²) in [5.74, 6) is 0.289. The normalized spacial score (nSPS) is 11.3. The Morgan fingerprint density at radius 3 is 2.03 bits per heavy atom. The maximum atomic E-state index is 11.1. The molecule has 0 saturated carbocycles. The van der Waals surface area contributed by atoms with Crippen LogP contribution in [-0.2, 0) is 13.1 Å². The van der Waals surface area contributed by atoms with Gasteiger partial charge in [0.25, 0.3) is 0 Å². The van der Waals surface area contributed by atoms with Crippen molar-refractivity contribution >= 4 is 146 Å². The number of anilines is 4. The maximum Gasteiger partial charge on any atom is 0.371 e. The number of hydrogen-bond donors (Lipinski definition) is 3. The fourth-order valence-corrected chi connectivity index (χ4v) is 8.43. The average molecular weight is 1070 g/mol. The summed E-state index contributed by atoms with van der Waals surface area (Å²) in [6.07, 6.45) is 6.94. The Hall–Kier alpha value is -6.30. The van der Waals surface area contributed by atoms with Gasteiger partial charge >= 0.3 is 5.97 Å². The second-order valence-electron chi connectivity index (χ2n) is 13.7. The van der Waals surface area contributed by atoms with Crippen LogP contribution in [0, 0.1) is 0 Å². The van der Waals surface area contributed by atoms with Crippen molar-refractivity contribution in [3.8, 4) is 0 Å². The smallest absolute Gasteiger partial charge is 0.371 e. The number of Topliss-reactive ketones (excluding diaryl/α,β-unsaturated/α-hetero) is 1. The maximum absolute atomic E-state index is 11.1. The van der Waals surface area contributed by atoms with Crippen molar-refractivity contribution in [3.63, 3.8) is 0 Å². The molecular formula is C48H42Br2Cl2N8O5S. The van der Waals surface area contributed by atoms with Crippen molar-refractivity contribution in [2.45, 2.75) is 42.3 Å². The van der Waals surface area contributed by atoms with Crippen LogP contribution in [-0.4, -0.2) is 49.2 Å². The van der Waals surface area contributed by atoms with Crippen molar-refractivity contribution in [2.24, 2.45) is 9.98 Å². The Kier molecular flexibility index (Phi) is 17.5. The number of thiophene rings is 1. The minimum atomic E-state index is -1.05. The van der Waals surface area contributed by atoms with E-state index in [0.29, 0.717) is 28.3 Å². The number of carbonyl (C=O) groups excluding carboxylic acids is 1. The molecule has 338 valence electrons. The van der Waals surface area contributed by atoms with Gasteiger partial charge in [0, 0.05) is 55.1 Å². The predicted molar refractivity (Wildman–Crippen MR) is 276 cm³/mol. The quantitative estimate of drug-likeness (QED) is 0.106. The molecule has 9 aromatic rings. The Labute approximate surface area is 411 Å². The Morgan fingerprint density at radius 2 is 1.38 bits per heavy atom. The van der Waals surface area contributed by atoms with E-state index in [4.69, 9.17) is 37.1 Å². The molecule has 0 bridgehead atoms. The summed E-state index contributed by atoms with van der Waals surface area (Å²) in [4.78, 5) is 47.1. The minimum Gasteiger partial charge on any atom is -0.475 e. The van der Waals surface area contributed by atoms with E-state index in [2.05, 4.69) is 78.5 Å². The van der Waals surface area contributed by atoms with Gasteiger partial charge in [0.05, 0.1) is 24.2 Å². The number of rotatable bonds is 6.